The van der Waals surface area contributed by atoms with E-state index >= 15 is 0 Å². The van der Waals surface area contributed by atoms with E-state index in [0.717, 1.165) is 41.4 Å². The van der Waals surface area contributed by atoms with E-state index in [-0.39, 0.29) is 11.9 Å². The number of pyridine rings is 1. The van der Waals surface area contributed by atoms with Crippen LogP contribution in [0.15, 0.2) is 48.7 Å². The SMILES string of the molecule is Cc1cc(CCC(=O)Cc2ccc(N3CC[C@@H](O)C3)nc2)n(-c2cccc(Cl)c2)n1. The molecule has 7 heteroatoms. The minimum atomic E-state index is -0.281. The maximum Gasteiger partial charge on any atom is 0.137 e. The average Bonchev–Trinajstić information content (AvgIpc) is 3.32. The van der Waals surface area contributed by atoms with Gasteiger partial charge in [-0.25, -0.2) is 9.67 Å². The third kappa shape index (κ3) is 4.89. The Morgan fingerprint density at radius 3 is 2.83 bits per heavy atom. The van der Waals surface area contributed by atoms with Gasteiger partial charge in [0.05, 0.1) is 17.5 Å². The van der Waals surface area contributed by atoms with Crippen LogP contribution in [0, 0.1) is 6.92 Å². The molecule has 0 aliphatic carbocycles. The molecule has 0 amide bonds. The van der Waals surface area contributed by atoms with E-state index < -0.39 is 0 Å². The number of aryl methyl sites for hydroxylation is 2. The van der Waals surface area contributed by atoms with Crippen LogP contribution < -0.4 is 4.90 Å². The summed E-state index contributed by atoms with van der Waals surface area (Å²) in [5.74, 6) is 1.02. The first-order valence-corrected chi connectivity index (χ1v) is 10.6. The Morgan fingerprint density at radius 2 is 2.13 bits per heavy atom. The molecule has 0 radical (unpaired) electrons. The number of hydrogen-bond donors (Lipinski definition) is 1. The lowest BCUT2D eigenvalue weighted by molar-refractivity contribution is -0.118. The summed E-state index contributed by atoms with van der Waals surface area (Å²) >= 11 is 6.11. The van der Waals surface area contributed by atoms with Crippen molar-refractivity contribution in [1.29, 1.82) is 0 Å². The zero-order chi connectivity index (χ0) is 21.1. The van der Waals surface area contributed by atoms with Crippen molar-refractivity contribution < 1.29 is 9.90 Å². The monoisotopic (exact) mass is 424 g/mol. The molecule has 1 fully saturated rings. The first kappa shape index (κ1) is 20.6. The van der Waals surface area contributed by atoms with E-state index in [1.807, 2.05) is 54.1 Å². The Labute approximate surface area is 181 Å². The lowest BCUT2D eigenvalue weighted by Gasteiger charge is -2.16. The summed E-state index contributed by atoms with van der Waals surface area (Å²) in [5, 5.41) is 14.9. The summed E-state index contributed by atoms with van der Waals surface area (Å²) in [7, 11) is 0. The largest absolute Gasteiger partial charge is 0.391 e. The van der Waals surface area contributed by atoms with Crippen LogP contribution >= 0.6 is 11.6 Å². The number of nitrogens with zero attached hydrogens (tertiary/aromatic N) is 4. The van der Waals surface area contributed by atoms with Crippen LogP contribution in [0.4, 0.5) is 5.82 Å². The number of aliphatic hydroxyl groups is 1. The van der Waals surface area contributed by atoms with Gasteiger partial charge in [0, 0.05) is 42.8 Å². The van der Waals surface area contributed by atoms with Crippen LogP contribution in [-0.2, 0) is 17.6 Å². The van der Waals surface area contributed by atoms with Crippen LogP contribution in [0.5, 0.6) is 0 Å². The molecule has 0 bridgehead atoms. The first-order valence-electron chi connectivity index (χ1n) is 10.2. The Kier molecular flexibility index (Phi) is 6.16. The van der Waals surface area contributed by atoms with E-state index in [2.05, 4.69) is 15.0 Å². The van der Waals surface area contributed by atoms with Crippen LogP contribution in [-0.4, -0.2) is 44.8 Å². The number of aromatic nitrogens is 3. The van der Waals surface area contributed by atoms with Crippen molar-refractivity contribution in [1.82, 2.24) is 14.8 Å². The minimum absolute atomic E-state index is 0.164. The van der Waals surface area contributed by atoms with Crippen molar-refractivity contribution in [3.8, 4) is 5.69 Å². The molecule has 1 atom stereocenters. The Bertz CT molecular complexity index is 1030. The first-order chi connectivity index (χ1) is 14.5. The highest BCUT2D eigenvalue weighted by Gasteiger charge is 2.21. The van der Waals surface area contributed by atoms with Crippen molar-refractivity contribution >= 4 is 23.2 Å². The minimum Gasteiger partial charge on any atom is -0.391 e. The molecule has 30 heavy (non-hydrogen) atoms. The van der Waals surface area contributed by atoms with Crippen molar-refractivity contribution in [2.75, 3.05) is 18.0 Å². The van der Waals surface area contributed by atoms with Gasteiger partial charge >= 0.3 is 0 Å². The van der Waals surface area contributed by atoms with Gasteiger partial charge in [-0.15, -0.1) is 0 Å². The number of carbonyl (C=O) groups is 1. The number of aliphatic hydroxyl groups excluding tert-OH is 1. The number of β-amino-alcohol motifs (C(OH)–C–C–N with tert-alkyl or cyclic N) is 1. The molecule has 0 spiro atoms. The van der Waals surface area contributed by atoms with Crippen molar-refractivity contribution in [2.24, 2.45) is 0 Å². The van der Waals surface area contributed by atoms with Crippen molar-refractivity contribution in [3.63, 3.8) is 0 Å². The van der Waals surface area contributed by atoms with E-state index in [9.17, 15) is 9.90 Å². The number of hydrogen-bond acceptors (Lipinski definition) is 5. The van der Waals surface area contributed by atoms with Crippen LogP contribution in [0.2, 0.25) is 5.02 Å². The second-order valence-electron chi connectivity index (χ2n) is 7.80. The van der Waals surface area contributed by atoms with Gasteiger partial charge in [0.25, 0.3) is 0 Å². The average molecular weight is 425 g/mol. The summed E-state index contributed by atoms with van der Waals surface area (Å²) in [5.41, 5.74) is 3.70. The van der Waals surface area contributed by atoms with Crippen LogP contribution in [0.25, 0.3) is 5.69 Å². The predicted molar refractivity (Wildman–Crippen MR) is 117 cm³/mol. The number of ketones is 1. The fraction of sp³-hybridized carbons (Fsp3) is 0.348. The van der Waals surface area contributed by atoms with Crippen LogP contribution in [0.3, 0.4) is 0 Å². The molecule has 4 rings (SSSR count). The highest BCUT2D eigenvalue weighted by molar-refractivity contribution is 6.30. The third-order valence-corrected chi connectivity index (χ3v) is 5.55. The van der Waals surface area contributed by atoms with Crippen molar-refractivity contribution in [2.45, 2.75) is 38.7 Å². The second-order valence-corrected chi connectivity index (χ2v) is 8.23. The summed E-state index contributed by atoms with van der Waals surface area (Å²) in [6, 6.07) is 13.4. The second kappa shape index (κ2) is 8.98. The fourth-order valence-corrected chi connectivity index (χ4v) is 3.99. The molecule has 1 saturated heterocycles. The quantitative estimate of drug-likeness (QED) is 0.628. The Morgan fingerprint density at radius 1 is 1.27 bits per heavy atom. The lowest BCUT2D eigenvalue weighted by Crippen LogP contribution is -2.22. The normalized spacial score (nSPS) is 16.2. The van der Waals surface area contributed by atoms with Gasteiger partial charge in [0.1, 0.15) is 11.6 Å². The number of rotatable bonds is 7. The molecule has 1 aliphatic rings. The third-order valence-electron chi connectivity index (χ3n) is 5.32. The smallest absolute Gasteiger partial charge is 0.137 e. The predicted octanol–water partition coefficient (Wildman–Crippen LogP) is 3.54. The Hall–Kier alpha value is -2.70. The number of carbonyl (C=O) groups excluding carboxylic acids is 1. The fourth-order valence-electron chi connectivity index (χ4n) is 3.80. The molecular formula is C23H25ClN4O2. The van der Waals surface area contributed by atoms with E-state index in [0.29, 0.717) is 30.8 Å². The van der Waals surface area contributed by atoms with Crippen molar-refractivity contribution in [3.05, 3.63) is 70.6 Å². The van der Waals surface area contributed by atoms with Crippen LogP contribution in [0.1, 0.15) is 29.8 Å². The van der Waals surface area contributed by atoms with E-state index in [4.69, 9.17) is 11.6 Å². The number of anilines is 1. The lowest BCUT2D eigenvalue weighted by atomic mass is 10.1. The molecule has 0 saturated carbocycles. The topological polar surface area (TPSA) is 71.2 Å². The van der Waals surface area contributed by atoms with E-state index in [1.54, 1.807) is 6.20 Å². The summed E-state index contributed by atoms with van der Waals surface area (Å²) in [4.78, 5) is 19.1. The maximum absolute atomic E-state index is 12.6. The molecule has 1 N–H and O–H groups in total. The zero-order valence-electron chi connectivity index (χ0n) is 17.0. The highest BCUT2D eigenvalue weighted by Crippen LogP contribution is 2.20. The molecule has 6 nitrogen and oxygen atoms in total. The van der Waals surface area contributed by atoms with Gasteiger partial charge < -0.3 is 10.0 Å². The summed E-state index contributed by atoms with van der Waals surface area (Å²) in [6.45, 7) is 3.37. The maximum atomic E-state index is 12.6. The van der Waals surface area contributed by atoms with Gasteiger partial charge in [-0.05, 0) is 55.7 Å². The Balaban J connectivity index is 1.36. The molecule has 1 aliphatic heterocycles. The summed E-state index contributed by atoms with van der Waals surface area (Å²) in [6.07, 6.45) is 3.66. The van der Waals surface area contributed by atoms with Gasteiger partial charge in [-0.1, -0.05) is 23.7 Å². The summed E-state index contributed by atoms with van der Waals surface area (Å²) < 4.78 is 1.86. The standard InChI is InChI=1S/C23H25ClN4O2/c1-16-11-20(28(26-16)19-4-2-3-18(24)13-19)6-7-21(29)12-17-5-8-23(25-14-17)27-10-9-22(30)15-27/h2-5,8,11,13-14,22,30H,6-7,9-10,12,15H2,1H3/t22-/m1/s1. The molecule has 0 unspecified atom stereocenters. The van der Waals surface area contributed by atoms with Gasteiger partial charge in [0.2, 0.25) is 0 Å². The molecular weight excluding hydrogens is 400 g/mol. The molecule has 156 valence electrons. The number of benzene rings is 1. The zero-order valence-corrected chi connectivity index (χ0v) is 17.7. The van der Waals surface area contributed by atoms with E-state index in [1.165, 1.54) is 0 Å². The van der Waals surface area contributed by atoms with Gasteiger partial charge in [0.15, 0.2) is 0 Å². The molecule has 2 aromatic heterocycles. The highest BCUT2D eigenvalue weighted by atomic mass is 35.5. The molecule has 1 aromatic carbocycles. The van der Waals surface area contributed by atoms with Gasteiger partial charge in [-0.2, -0.15) is 5.10 Å². The number of halogens is 1. The molecule has 3 heterocycles. The molecule has 3 aromatic rings. The number of Topliss-reactive ketones (excluding diaryl/α,β-unsaturated/α-hetero) is 1. The van der Waals surface area contributed by atoms with Gasteiger partial charge in [-0.3, -0.25) is 4.79 Å².